The summed E-state index contributed by atoms with van der Waals surface area (Å²) in [6, 6.07) is 6.66. The highest BCUT2D eigenvalue weighted by molar-refractivity contribution is 5.15. The molecule has 0 radical (unpaired) electrons. The van der Waals surface area contributed by atoms with E-state index in [0.717, 1.165) is 24.5 Å². The average Bonchev–Trinajstić information content (AvgIpc) is 2.65. The number of aryl methyl sites for hydroxylation is 3. The van der Waals surface area contributed by atoms with Crippen molar-refractivity contribution in [2.24, 2.45) is 0 Å². The van der Waals surface area contributed by atoms with Gasteiger partial charge in [-0.05, 0) is 51.5 Å². The minimum atomic E-state index is 0.381. The molecular formula is C15H22N4. The molecule has 2 aromatic heterocycles. The van der Waals surface area contributed by atoms with Crippen molar-refractivity contribution >= 4 is 0 Å². The summed E-state index contributed by atoms with van der Waals surface area (Å²) in [5, 5.41) is 8.01. The maximum atomic E-state index is 4.49. The molecule has 0 aliphatic heterocycles. The third kappa shape index (κ3) is 3.89. The van der Waals surface area contributed by atoms with Crippen molar-refractivity contribution in [3.8, 4) is 0 Å². The molecule has 0 aliphatic carbocycles. The van der Waals surface area contributed by atoms with E-state index in [1.54, 1.807) is 0 Å². The molecule has 0 fully saturated rings. The zero-order valence-electron chi connectivity index (χ0n) is 12.1. The summed E-state index contributed by atoms with van der Waals surface area (Å²) in [5.74, 6) is 0. The van der Waals surface area contributed by atoms with Crippen molar-refractivity contribution < 1.29 is 0 Å². The van der Waals surface area contributed by atoms with Gasteiger partial charge in [0.15, 0.2) is 0 Å². The number of aromatic nitrogens is 3. The van der Waals surface area contributed by atoms with Gasteiger partial charge in [-0.3, -0.25) is 9.67 Å². The first-order valence-electron chi connectivity index (χ1n) is 6.70. The molecule has 2 rings (SSSR count). The summed E-state index contributed by atoms with van der Waals surface area (Å²) >= 11 is 0. The molecular weight excluding hydrogens is 236 g/mol. The number of nitrogens with zero attached hydrogens (tertiary/aromatic N) is 3. The Hall–Kier alpha value is -1.68. The first-order valence-corrected chi connectivity index (χ1v) is 6.70. The van der Waals surface area contributed by atoms with E-state index in [0.29, 0.717) is 6.04 Å². The van der Waals surface area contributed by atoms with E-state index in [4.69, 9.17) is 0 Å². The van der Waals surface area contributed by atoms with Gasteiger partial charge in [0.1, 0.15) is 0 Å². The van der Waals surface area contributed by atoms with Crippen LogP contribution < -0.4 is 5.32 Å². The van der Waals surface area contributed by atoms with Crippen molar-refractivity contribution in [2.75, 3.05) is 0 Å². The third-order valence-corrected chi connectivity index (χ3v) is 3.17. The smallest absolute Gasteiger partial charge is 0.0596 e. The SMILES string of the molecule is Cc1cc(CN[C@H](C)Cn2nc(C)cc2C)ccn1. The lowest BCUT2D eigenvalue weighted by Gasteiger charge is -2.15. The molecule has 0 amide bonds. The molecule has 2 aromatic rings. The van der Waals surface area contributed by atoms with Crippen molar-refractivity contribution in [3.05, 3.63) is 47.0 Å². The fourth-order valence-electron chi connectivity index (χ4n) is 2.19. The predicted octanol–water partition coefficient (Wildman–Crippen LogP) is 2.38. The molecule has 19 heavy (non-hydrogen) atoms. The summed E-state index contributed by atoms with van der Waals surface area (Å²) in [6.45, 7) is 10.1. The van der Waals surface area contributed by atoms with Gasteiger partial charge in [0, 0.05) is 30.2 Å². The zero-order chi connectivity index (χ0) is 13.8. The maximum Gasteiger partial charge on any atom is 0.0596 e. The highest BCUT2D eigenvalue weighted by atomic mass is 15.3. The average molecular weight is 258 g/mol. The molecule has 2 heterocycles. The molecule has 0 unspecified atom stereocenters. The minimum Gasteiger partial charge on any atom is -0.308 e. The van der Waals surface area contributed by atoms with E-state index in [1.165, 1.54) is 11.3 Å². The number of hydrogen-bond donors (Lipinski definition) is 1. The van der Waals surface area contributed by atoms with Crippen LogP contribution in [0.5, 0.6) is 0 Å². The lowest BCUT2D eigenvalue weighted by atomic mass is 10.2. The molecule has 0 saturated heterocycles. The van der Waals surface area contributed by atoms with E-state index >= 15 is 0 Å². The number of hydrogen-bond acceptors (Lipinski definition) is 3. The standard InChI is InChI=1S/C15H22N4/c1-11-8-15(5-6-16-11)9-17-13(3)10-19-14(4)7-12(2)18-19/h5-8,13,17H,9-10H2,1-4H3/t13-/m1/s1. The predicted molar refractivity (Wildman–Crippen MR) is 77.0 cm³/mol. The van der Waals surface area contributed by atoms with Gasteiger partial charge >= 0.3 is 0 Å². The molecule has 1 N–H and O–H groups in total. The van der Waals surface area contributed by atoms with Crippen LogP contribution in [0.2, 0.25) is 0 Å². The number of pyridine rings is 1. The fraction of sp³-hybridized carbons (Fsp3) is 0.467. The summed E-state index contributed by atoms with van der Waals surface area (Å²) in [5.41, 5.74) is 4.62. The van der Waals surface area contributed by atoms with E-state index in [1.807, 2.05) is 20.0 Å². The maximum absolute atomic E-state index is 4.49. The van der Waals surface area contributed by atoms with Crippen molar-refractivity contribution in [1.29, 1.82) is 0 Å². The Morgan fingerprint density at radius 1 is 1.21 bits per heavy atom. The van der Waals surface area contributed by atoms with Gasteiger partial charge in [-0.15, -0.1) is 0 Å². The Morgan fingerprint density at radius 3 is 2.63 bits per heavy atom. The molecule has 4 heteroatoms. The molecule has 0 spiro atoms. The number of nitrogens with one attached hydrogen (secondary N) is 1. The van der Waals surface area contributed by atoms with Crippen LogP contribution in [0.1, 0.15) is 29.6 Å². The normalized spacial score (nSPS) is 12.6. The summed E-state index contributed by atoms with van der Waals surface area (Å²) in [6.07, 6.45) is 1.86. The van der Waals surface area contributed by atoms with Crippen LogP contribution in [-0.4, -0.2) is 20.8 Å². The summed E-state index contributed by atoms with van der Waals surface area (Å²) in [7, 11) is 0. The highest BCUT2D eigenvalue weighted by Crippen LogP contribution is 2.04. The van der Waals surface area contributed by atoms with Gasteiger partial charge < -0.3 is 5.32 Å². The Balaban J connectivity index is 1.88. The fourth-order valence-corrected chi connectivity index (χ4v) is 2.19. The molecule has 0 bridgehead atoms. The first kappa shape index (κ1) is 13.7. The van der Waals surface area contributed by atoms with Gasteiger partial charge in [-0.1, -0.05) is 0 Å². The van der Waals surface area contributed by atoms with E-state index in [9.17, 15) is 0 Å². The Morgan fingerprint density at radius 2 is 2.00 bits per heavy atom. The van der Waals surface area contributed by atoms with Crippen LogP contribution in [0.25, 0.3) is 0 Å². The first-order chi connectivity index (χ1) is 9.04. The molecule has 4 nitrogen and oxygen atoms in total. The van der Waals surface area contributed by atoms with Crippen LogP contribution in [-0.2, 0) is 13.1 Å². The largest absolute Gasteiger partial charge is 0.308 e. The second kappa shape index (κ2) is 5.97. The second-order valence-electron chi connectivity index (χ2n) is 5.20. The quantitative estimate of drug-likeness (QED) is 0.895. The van der Waals surface area contributed by atoms with Gasteiger partial charge in [0.05, 0.1) is 12.2 Å². The molecule has 1 atom stereocenters. The topological polar surface area (TPSA) is 42.7 Å². The van der Waals surface area contributed by atoms with Gasteiger partial charge in [0.2, 0.25) is 0 Å². The molecule has 0 saturated carbocycles. The van der Waals surface area contributed by atoms with Crippen LogP contribution in [0.15, 0.2) is 24.4 Å². The molecule has 0 aromatic carbocycles. The highest BCUT2D eigenvalue weighted by Gasteiger charge is 2.06. The zero-order valence-corrected chi connectivity index (χ0v) is 12.1. The lowest BCUT2D eigenvalue weighted by molar-refractivity contribution is 0.444. The van der Waals surface area contributed by atoms with Gasteiger partial charge in [0.25, 0.3) is 0 Å². The Kier molecular flexibility index (Phi) is 4.32. The lowest BCUT2D eigenvalue weighted by Crippen LogP contribution is -2.30. The monoisotopic (exact) mass is 258 g/mol. The van der Waals surface area contributed by atoms with Crippen LogP contribution >= 0.6 is 0 Å². The van der Waals surface area contributed by atoms with Gasteiger partial charge in [-0.2, -0.15) is 5.10 Å². The Labute approximate surface area is 114 Å². The second-order valence-corrected chi connectivity index (χ2v) is 5.20. The molecule has 0 aliphatic rings. The summed E-state index contributed by atoms with van der Waals surface area (Å²) < 4.78 is 2.06. The van der Waals surface area contributed by atoms with E-state index in [-0.39, 0.29) is 0 Å². The number of rotatable bonds is 5. The van der Waals surface area contributed by atoms with Crippen LogP contribution in [0, 0.1) is 20.8 Å². The van der Waals surface area contributed by atoms with E-state index < -0.39 is 0 Å². The minimum absolute atomic E-state index is 0.381. The third-order valence-electron chi connectivity index (χ3n) is 3.17. The Bertz CT molecular complexity index is 545. The van der Waals surface area contributed by atoms with Crippen molar-refractivity contribution in [2.45, 2.75) is 46.8 Å². The van der Waals surface area contributed by atoms with Gasteiger partial charge in [-0.25, -0.2) is 0 Å². The molecule has 102 valence electrons. The van der Waals surface area contributed by atoms with Crippen molar-refractivity contribution in [1.82, 2.24) is 20.1 Å². The van der Waals surface area contributed by atoms with Crippen LogP contribution in [0.4, 0.5) is 0 Å². The van der Waals surface area contributed by atoms with Crippen LogP contribution in [0.3, 0.4) is 0 Å². The van der Waals surface area contributed by atoms with E-state index in [2.05, 4.69) is 52.1 Å². The summed E-state index contributed by atoms with van der Waals surface area (Å²) in [4.78, 5) is 4.21. The van der Waals surface area contributed by atoms with Crippen molar-refractivity contribution in [3.63, 3.8) is 0 Å².